The molecule has 0 radical (unpaired) electrons. The fraction of sp³-hybridized carbons (Fsp3) is 0.222. The number of nitrogens with two attached hydrogens (primary N) is 2. The van der Waals surface area contributed by atoms with Crippen LogP contribution in [0.3, 0.4) is 0 Å². The first-order valence-electron chi connectivity index (χ1n) is 3.87. The van der Waals surface area contributed by atoms with E-state index in [1.54, 1.807) is 7.11 Å². The Morgan fingerprint density at radius 1 is 1.46 bits per heavy atom. The highest BCUT2D eigenvalue weighted by atomic mass is 16.5. The lowest BCUT2D eigenvalue weighted by Crippen LogP contribution is -2.16. The molecule has 4 nitrogen and oxygen atoms in total. The summed E-state index contributed by atoms with van der Waals surface area (Å²) in [6.45, 7) is 1.97. The number of hydrogen-bond donors (Lipinski definition) is 2. The minimum atomic E-state index is 0.275. The number of ether oxygens (including phenoxy) is 1. The maximum atomic E-state index is 5.57. The van der Waals surface area contributed by atoms with Crippen LogP contribution >= 0.6 is 0 Å². The first kappa shape index (κ1) is 9.38. The number of rotatable bonds is 2. The smallest absolute Gasteiger partial charge is 0.154 e. The summed E-state index contributed by atoms with van der Waals surface area (Å²) in [5, 5.41) is 3.41. The minimum absolute atomic E-state index is 0.275. The Hall–Kier alpha value is -1.71. The molecule has 70 valence electrons. The molecule has 4 heteroatoms. The van der Waals surface area contributed by atoms with Crippen LogP contribution in [-0.2, 0) is 0 Å². The number of hydrazone groups is 1. The SMILES string of the molecule is COc1cc(C)ccc1/C(N)=N/N. The maximum Gasteiger partial charge on any atom is 0.154 e. The first-order chi connectivity index (χ1) is 6.19. The first-order valence-corrected chi connectivity index (χ1v) is 3.87. The second kappa shape index (κ2) is 3.80. The van der Waals surface area contributed by atoms with E-state index < -0.39 is 0 Å². The van der Waals surface area contributed by atoms with Crippen LogP contribution in [0, 0.1) is 6.92 Å². The molecule has 1 aromatic carbocycles. The van der Waals surface area contributed by atoms with Crippen molar-refractivity contribution in [1.29, 1.82) is 0 Å². The molecular formula is C9H13N3O. The highest BCUT2D eigenvalue weighted by molar-refractivity contribution is 5.99. The molecule has 0 amide bonds. The van der Waals surface area contributed by atoms with Gasteiger partial charge in [0.1, 0.15) is 5.75 Å². The van der Waals surface area contributed by atoms with Crippen LogP contribution in [0.15, 0.2) is 23.3 Å². The van der Waals surface area contributed by atoms with Crippen molar-refractivity contribution in [3.63, 3.8) is 0 Å². The number of hydrogen-bond acceptors (Lipinski definition) is 3. The Labute approximate surface area is 77.2 Å². The zero-order valence-electron chi connectivity index (χ0n) is 7.74. The molecule has 0 spiro atoms. The van der Waals surface area contributed by atoms with Gasteiger partial charge in [-0.1, -0.05) is 6.07 Å². The standard InChI is InChI=1S/C9H13N3O/c1-6-3-4-7(9(10)12-11)8(5-6)13-2/h3-5H,11H2,1-2H3,(H2,10,12). The van der Waals surface area contributed by atoms with Crippen molar-refractivity contribution < 1.29 is 4.74 Å². The molecular weight excluding hydrogens is 166 g/mol. The molecule has 0 aliphatic rings. The lowest BCUT2D eigenvalue weighted by molar-refractivity contribution is 0.413. The number of amidine groups is 1. The summed E-state index contributed by atoms with van der Waals surface area (Å²) in [6, 6.07) is 5.64. The summed E-state index contributed by atoms with van der Waals surface area (Å²) in [7, 11) is 1.59. The zero-order chi connectivity index (χ0) is 9.84. The lowest BCUT2D eigenvalue weighted by atomic mass is 10.1. The van der Waals surface area contributed by atoms with E-state index in [0.29, 0.717) is 5.75 Å². The van der Waals surface area contributed by atoms with Crippen molar-refractivity contribution in [2.24, 2.45) is 16.7 Å². The van der Waals surface area contributed by atoms with Gasteiger partial charge in [0.05, 0.1) is 12.7 Å². The molecule has 1 aromatic rings. The van der Waals surface area contributed by atoms with Gasteiger partial charge in [0.15, 0.2) is 5.84 Å². The van der Waals surface area contributed by atoms with Crippen molar-refractivity contribution in [1.82, 2.24) is 0 Å². The number of nitrogens with zero attached hydrogens (tertiary/aromatic N) is 1. The highest BCUT2D eigenvalue weighted by Gasteiger charge is 2.05. The van der Waals surface area contributed by atoms with Gasteiger partial charge in [0.25, 0.3) is 0 Å². The van der Waals surface area contributed by atoms with Crippen LogP contribution in [0.5, 0.6) is 5.75 Å². The van der Waals surface area contributed by atoms with Gasteiger partial charge < -0.3 is 16.3 Å². The summed E-state index contributed by atoms with van der Waals surface area (Å²) < 4.78 is 5.13. The Morgan fingerprint density at radius 2 is 2.15 bits per heavy atom. The number of aryl methyl sites for hydroxylation is 1. The molecule has 0 atom stereocenters. The largest absolute Gasteiger partial charge is 0.496 e. The number of methoxy groups -OCH3 is 1. The predicted molar refractivity (Wildman–Crippen MR) is 52.6 cm³/mol. The monoisotopic (exact) mass is 179 g/mol. The third kappa shape index (κ3) is 1.90. The van der Waals surface area contributed by atoms with Crippen molar-refractivity contribution in [3.05, 3.63) is 29.3 Å². The van der Waals surface area contributed by atoms with Gasteiger partial charge in [0, 0.05) is 0 Å². The molecule has 13 heavy (non-hydrogen) atoms. The Morgan fingerprint density at radius 3 is 2.69 bits per heavy atom. The molecule has 0 saturated carbocycles. The molecule has 0 heterocycles. The van der Waals surface area contributed by atoms with Crippen molar-refractivity contribution in [3.8, 4) is 5.75 Å². The Balaban J connectivity index is 3.21. The molecule has 0 aliphatic heterocycles. The summed E-state index contributed by atoms with van der Waals surface area (Å²) in [4.78, 5) is 0. The van der Waals surface area contributed by atoms with Crippen LogP contribution in [0.4, 0.5) is 0 Å². The highest BCUT2D eigenvalue weighted by Crippen LogP contribution is 2.19. The Bertz CT molecular complexity index is 334. The third-order valence-electron chi connectivity index (χ3n) is 1.77. The molecule has 4 N–H and O–H groups in total. The molecule has 0 saturated heterocycles. The summed E-state index contributed by atoms with van der Waals surface area (Å²) >= 11 is 0. The van der Waals surface area contributed by atoms with Crippen molar-refractivity contribution in [2.45, 2.75) is 6.92 Å². The van der Waals surface area contributed by atoms with E-state index in [1.165, 1.54) is 0 Å². The minimum Gasteiger partial charge on any atom is -0.496 e. The van der Waals surface area contributed by atoms with Crippen LogP contribution in [-0.4, -0.2) is 12.9 Å². The molecule has 0 unspecified atom stereocenters. The average Bonchev–Trinajstić information content (AvgIpc) is 2.16. The fourth-order valence-electron chi connectivity index (χ4n) is 1.08. The van der Waals surface area contributed by atoms with E-state index in [0.717, 1.165) is 11.1 Å². The normalized spacial score (nSPS) is 11.4. The summed E-state index contributed by atoms with van der Waals surface area (Å²) in [5.41, 5.74) is 7.39. The second-order valence-corrected chi connectivity index (χ2v) is 2.72. The Kier molecular flexibility index (Phi) is 2.74. The third-order valence-corrected chi connectivity index (χ3v) is 1.77. The quantitative estimate of drug-likeness (QED) is 0.302. The van der Waals surface area contributed by atoms with Crippen LogP contribution in [0.1, 0.15) is 11.1 Å². The topological polar surface area (TPSA) is 73.6 Å². The molecule has 0 fully saturated rings. The fourth-order valence-corrected chi connectivity index (χ4v) is 1.08. The second-order valence-electron chi connectivity index (χ2n) is 2.72. The van der Waals surface area contributed by atoms with Gasteiger partial charge in [-0.25, -0.2) is 0 Å². The summed E-state index contributed by atoms with van der Waals surface area (Å²) in [5.74, 6) is 6.03. The predicted octanol–water partition coefficient (Wildman–Crippen LogP) is 0.583. The van der Waals surface area contributed by atoms with E-state index in [-0.39, 0.29) is 5.84 Å². The molecule has 0 aliphatic carbocycles. The van der Waals surface area contributed by atoms with Gasteiger partial charge >= 0.3 is 0 Å². The molecule has 1 rings (SSSR count). The van der Waals surface area contributed by atoms with E-state index in [1.807, 2.05) is 25.1 Å². The zero-order valence-corrected chi connectivity index (χ0v) is 7.74. The van der Waals surface area contributed by atoms with Gasteiger partial charge in [-0.05, 0) is 24.6 Å². The molecule has 0 aromatic heterocycles. The van der Waals surface area contributed by atoms with Gasteiger partial charge in [0.2, 0.25) is 0 Å². The van der Waals surface area contributed by atoms with Gasteiger partial charge in [-0.15, -0.1) is 0 Å². The number of benzene rings is 1. The maximum absolute atomic E-state index is 5.57. The molecule has 0 bridgehead atoms. The lowest BCUT2D eigenvalue weighted by Gasteiger charge is -2.07. The van der Waals surface area contributed by atoms with Gasteiger partial charge in [-0.3, -0.25) is 0 Å². The van der Waals surface area contributed by atoms with Crippen LogP contribution < -0.4 is 16.3 Å². The van der Waals surface area contributed by atoms with E-state index in [9.17, 15) is 0 Å². The van der Waals surface area contributed by atoms with Gasteiger partial charge in [-0.2, -0.15) is 5.10 Å². The van der Waals surface area contributed by atoms with Crippen LogP contribution in [0.2, 0.25) is 0 Å². The average molecular weight is 179 g/mol. The van der Waals surface area contributed by atoms with E-state index in [2.05, 4.69) is 5.10 Å². The van der Waals surface area contributed by atoms with E-state index in [4.69, 9.17) is 16.3 Å². The van der Waals surface area contributed by atoms with Crippen molar-refractivity contribution in [2.75, 3.05) is 7.11 Å². The van der Waals surface area contributed by atoms with E-state index >= 15 is 0 Å². The van der Waals surface area contributed by atoms with Crippen molar-refractivity contribution >= 4 is 5.84 Å². The van der Waals surface area contributed by atoms with Crippen LogP contribution in [0.25, 0.3) is 0 Å². The summed E-state index contributed by atoms with van der Waals surface area (Å²) in [6.07, 6.45) is 0.